The Labute approximate surface area is 202 Å². The first-order valence-electron chi connectivity index (χ1n) is 10.8. The third-order valence-electron chi connectivity index (χ3n) is 5.19. The number of hydrogen-bond donors (Lipinski definition) is 1. The number of ether oxygens (including phenoxy) is 1. The van der Waals surface area contributed by atoms with Crippen molar-refractivity contribution in [3.8, 4) is 5.75 Å². The number of anilines is 1. The van der Waals surface area contributed by atoms with Gasteiger partial charge < -0.3 is 10.1 Å². The van der Waals surface area contributed by atoms with Gasteiger partial charge in [-0.1, -0.05) is 65.7 Å². The van der Waals surface area contributed by atoms with E-state index in [1.807, 2.05) is 68.4 Å². The summed E-state index contributed by atoms with van der Waals surface area (Å²) in [5, 5.41) is 2.23. The quantitative estimate of drug-likeness (QED) is 0.456. The van der Waals surface area contributed by atoms with E-state index in [2.05, 4.69) is 11.4 Å². The van der Waals surface area contributed by atoms with Crippen LogP contribution in [0.4, 0.5) is 10.5 Å². The summed E-state index contributed by atoms with van der Waals surface area (Å²) in [6, 6.07) is 22.7. The van der Waals surface area contributed by atoms with Gasteiger partial charge in [0.15, 0.2) is 0 Å². The standard InChI is InChI=1S/C27H24N2O4S/c1-18-10-12-22(13-11-18)28-25(30)16-29-26(31)24(34-27(29)32)15-21-8-3-4-9-23(21)33-17-20-7-5-6-19(2)14-20/h3-15H,16-17H2,1-2H3,(H,28,30)/b24-15+. The largest absolute Gasteiger partial charge is 0.488 e. The van der Waals surface area contributed by atoms with E-state index in [4.69, 9.17) is 4.74 Å². The highest BCUT2D eigenvalue weighted by Gasteiger charge is 2.36. The highest BCUT2D eigenvalue weighted by atomic mass is 32.2. The molecular weight excluding hydrogens is 448 g/mol. The second-order valence-corrected chi connectivity index (χ2v) is 8.99. The van der Waals surface area contributed by atoms with Crippen LogP contribution in [-0.2, 0) is 16.2 Å². The molecule has 0 aromatic heterocycles. The second kappa shape index (κ2) is 10.4. The monoisotopic (exact) mass is 472 g/mol. The fourth-order valence-electron chi connectivity index (χ4n) is 3.45. The maximum absolute atomic E-state index is 12.9. The Hall–Kier alpha value is -3.84. The van der Waals surface area contributed by atoms with Gasteiger partial charge in [-0.05, 0) is 55.4 Å². The molecule has 4 rings (SSSR count). The lowest BCUT2D eigenvalue weighted by Crippen LogP contribution is -2.36. The number of hydrogen-bond acceptors (Lipinski definition) is 5. The Balaban J connectivity index is 1.44. The molecule has 1 saturated heterocycles. The van der Waals surface area contributed by atoms with Crippen LogP contribution in [0, 0.1) is 13.8 Å². The molecule has 172 valence electrons. The van der Waals surface area contributed by atoms with E-state index in [-0.39, 0.29) is 11.4 Å². The van der Waals surface area contributed by atoms with Crippen molar-refractivity contribution >= 4 is 40.6 Å². The number of thioether (sulfide) groups is 1. The molecule has 0 unspecified atom stereocenters. The summed E-state index contributed by atoms with van der Waals surface area (Å²) in [7, 11) is 0. The molecule has 0 saturated carbocycles. The Bertz CT molecular complexity index is 1270. The third kappa shape index (κ3) is 5.74. The molecule has 1 aliphatic heterocycles. The van der Waals surface area contributed by atoms with Crippen LogP contribution in [0.15, 0.2) is 77.7 Å². The summed E-state index contributed by atoms with van der Waals surface area (Å²) in [5.74, 6) is -0.329. The van der Waals surface area contributed by atoms with Gasteiger partial charge in [-0.2, -0.15) is 0 Å². The normalized spacial score (nSPS) is 14.5. The Morgan fingerprint density at radius 2 is 1.74 bits per heavy atom. The van der Waals surface area contributed by atoms with Gasteiger partial charge in [0.2, 0.25) is 5.91 Å². The predicted molar refractivity (Wildman–Crippen MR) is 134 cm³/mol. The molecule has 0 atom stereocenters. The molecule has 1 aliphatic rings. The van der Waals surface area contributed by atoms with Crippen LogP contribution in [0.25, 0.3) is 6.08 Å². The molecule has 3 aromatic rings. The van der Waals surface area contributed by atoms with Gasteiger partial charge in [0.05, 0.1) is 4.91 Å². The fraction of sp³-hybridized carbons (Fsp3) is 0.148. The van der Waals surface area contributed by atoms with Gasteiger partial charge in [-0.25, -0.2) is 0 Å². The van der Waals surface area contributed by atoms with E-state index < -0.39 is 17.1 Å². The fourth-order valence-corrected chi connectivity index (χ4v) is 4.28. The molecule has 1 heterocycles. The van der Waals surface area contributed by atoms with E-state index in [9.17, 15) is 14.4 Å². The summed E-state index contributed by atoms with van der Waals surface area (Å²) in [6.07, 6.45) is 1.63. The van der Waals surface area contributed by atoms with Crippen molar-refractivity contribution in [3.05, 3.63) is 100.0 Å². The lowest BCUT2D eigenvalue weighted by Gasteiger charge is -2.12. The maximum Gasteiger partial charge on any atom is 0.294 e. The van der Waals surface area contributed by atoms with Gasteiger partial charge in [0, 0.05) is 11.3 Å². The van der Waals surface area contributed by atoms with Gasteiger partial charge >= 0.3 is 0 Å². The number of rotatable bonds is 7. The van der Waals surface area contributed by atoms with Crippen molar-refractivity contribution in [2.75, 3.05) is 11.9 Å². The topological polar surface area (TPSA) is 75.7 Å². The van der Waals surface area contributed by atoms with E-state index >= 15 is 0 Å². The molecule has 1 N–H and O–H groups in total. The number of carbonyl (C=O) groups excluding carboxylic acids is 3. The SMILES string of the molecule is Cc1ccc(NC(=O)CN2C(=O)S/C(=C/c3ccccc3OCc3cccc(C)c3)C2=O)cc1. The Morgan fingerprint density at radius 3 is 2.50 bits per heavy atom. The lowest BCUT2D eigenvalue weighted by molar-refractivity contribution is -0.127. The molecular formula is C27H24N2O4S. The molecule has 0 bridgehead atoms. The third-order valence-corrected chi connectivity index (χ3v) is 6.10. The molecule has 3 amide bonds. The number of benzene rings is 3. The summed E-state index contributed by atoms with van der Waals surface area (Å²) < 4.78 is 5.99. The lowest BCUT2D eigenvalue weighted by atomic mass is 10.1. The van der Waals surface area contributed by atoms with Crippen molar-refractivity contribution in [1.29, 1.82) is 0 Å². The zero-order chi connectivity index (χ0) is 24.1. The highest BCUT2D eigenvalue weighted by Crippen LogP contribution is 2.34. The number of para-hydroxylation sites is 1. The number of imide groups is 1. The van der Waals surface area contributed by atoms with Crippen molar-refractivity contribution in [1.82, 2.24) is 4.90 Å². The van der Waals surface area contributed by atoms with E-state index in [1.165, 1.54) is 0 Å². The minimum absolute atomic E-state index is 0.250. The number of aryl methyl sites for hydroxylation is 2. The first kappa shape index (κ1) is 23.3. The van der Waals surface area contributed by atoms with Crippen molar-refractivity contribution in [2.45, 2.75) is 20.5 Å². The van der Waals surface area contributed by atoms with E-state index in [0.717, 1.165) is 33.4 Å². The maximum atomic E-state index is 12.9. The van der Waals surface area contributed by atoms with E-state index in [0.29, 0.717) is 23.6 Å². The molecule has 0 aliphatic carbocycles. The Kier molecular flexibility index (Phi) is 7.13. The summed E-state index contributed by atoms with van der Waals surface area (Å²) in [5.41, 5.74) is 4.55. The molecule has 3 aromatic carbocycles. The van der Waals surface area contributed by atoms with Crippen LogP contribution in [0.5, 0.6) is 5.75 Å². The van der Waals surface area contributed by atoms with Crippen molar-refractivity contribution in [2.24, 2.45) is 0 Å². The van der Waals surface area contributed by atoms with Crippen LogP contribution in [-0.4, -0.2) is 28.5 Å². The van der Waals surface area contributed by atoms with Crippen molar-refractivity contribution < 1.29 is 19.1 Å². The van der Waals surface area contributed by atoms with E-state index in [1.54, 1.807) is 18.2 Å². The average molecular weight is 473 g/mol. The molecule has 0 spiro atoms. The summed E-state index contributed by atoms with van der Waals surface area (Å²) in [4.78, 5) is 38.9. The molecule has 7 heteroatoms. The predicted octanol–water partition coefficient (Wildman–Crippen LogP) is 5.56. The second-order valence-electron chi connectivity index (χ2n) is 8.00. The summed E-state index contributed by atoms with van der Waals surface area (Å²) in [6.45, 7) is 4.01. The van der Waals surface area contributed by atoms with Gasteiger partial charge in [0.1, 0.15) is 18.9 Å². The van der Waals surface area contributed by atoms with Crippen molar-refractivity contribution in [3.63, 3.8) is 0 Å². The minimum Gasteiger partial charge on any atom is -0.488 e. The van der Waals surface area contributed by atoms with Gasteiger partial charge in [-0.15, -0.1) is 0 Å². The molecule has 6 nitrogen and oxygen atoms in total. The van der Waals surface area contributed by atoms with Crippen LogP contribution in [0.3, 0.4) is 0 Å². The number of nitrogens with zero attached hydrogens (tertiary/aromatic N) is 1. The number of nitrogens with one attached hydrogen (secondary N) is 1. The smallest absolute Gasteiger partial charge is 0.294 e. The number of carbonyl (C=O) groups is 3. The first-order chi connectivity index (χ1) is 16.4. The van der Waals surface area contributed by atoms with Crippen LogP contribution >= 0.6 is 11.8 Å². The molecule has 1 fully saturated rings. The van der Waals surface area contributed by atoms with Crippen LogP contribution in [0.1, 0.15) is 22.3 Å². The molecule has 0 radical (unpaired) electrons. The minimum atomic E-state index is -0.498. The van der Waals surface area contributed by atoms with Gasteiger partial charge in [-0.3, -0.25) is 19.3 Å². The molecule has 34 heavy (non-hydrogen) atoms. The summed E-state index contributed by atoms with van der Waals surface area (Å²) >= 11 is 0.815. The Morgan fingerprint density at radius 1 is 0.971 bits per heavy atom. The van der Waals surface area contributed by atoms with Crippen LogP contribution < -0.4 is 10.1 Å². The van der Waals surface area contributed by atoms with Gasteiger partial charge in [0.25, 0.3) is 11.1 Å². The highest BCUT2D eigenvalue weighted by molar-refractivity contribution is 8.18. The first-order valence-corrected chi connectivity index (χ1v) is 11.6. The zero-order valence-electron chi connectivity index (χ0n) is 18.9. The number of amides is 3. The van der Waals surface area contributed by atoms with Crippen LogP contribution in [0.2, 0.25) is 0 Å². The zero-order valence-corrected chi connectivity index (χ0v) is 19.7. The average Bonchev–Trinajstić information content (AvgIpc) is 3.07.